The van der Waals surface area contributed by atoms with Crippen molar-refractivity contribution < 1.29 is 0 Å². The SMILES string of the molecule is CCC(C)CN(C)c1cnc(N)cn1. The number of aromatic nitrogens is 2. The van der Waals surface area contributed by atoms with Crippen molar-refractivity contribution in [2.45, 2.75) is 20.3 Å². The fourth-order valence-corrected chi connectivity index (χ4v) is 1.22. The third kappa shape index (κ3) is 2.87. The largest absolute Gasteiger partial charge is 0.382 e. The molecule has 1 unspecified atom stereocenters. The van der Waals surface area contributed by atoms with Gasteiger partial charge in [-0.3, -0.25) is 0 Å². The summed E-state index contributed by atoms with van der Waals surface area (Å²) >= 11 is 0. The Kier molecular flexibility index (Phi) is 3.68. The van der Waals surface area contributed by atoms with Gasteiger partial charge >= 0.3 is 0 Å². The fraction of sp³-hybridized carbons (Fsp3) is 0.600. The zero-order valence-corrected chi connectivity index (χ0v) is 9.07. The van der Waals surface area contributed by atoms with E-state index in [1.807, 2.05) is 7.05 Å². The Morgan fingerprint density at radius 1 is 1.43 bits per heavy atom. The second kappa shape index (κ2) is 4.79. The molecular formula is C10H18N4. The van der Waals surface area contributed by atoms with Crippen molar-refractivity contribution in [3.63, 3.8) is 0 Å². The smallest absolute Gasteiger partial charge is 0.146 e. The number of nitrogens with zero attached hydrogens (tertiary/aromatic N) is 3. The van der Waals surface area contributed by atoms with Crippen molar-refractivity contribution in [2.24, 2.45) is 5.92 Å². The highest BCUT2D eigenvalue weighted by atomic mass is 15.2. The third-order valence-corrected chi connectivity index (χ3v) is 2.33. The van der Waals surface area contributed by atoms with Crippen LogP contribution in [0.3, 0.4) is 0 Å². The maximum atomic E-state index is 5.46. The van der Waals surface area contributed by atoms with Crippen molar-refractivity contribution in [1.29, 1.82) is 0 Å². The molecule has 0 spiro atoms. The maximum Gasteiger partial charge on any atom is 0.146 e. The Balaban J connectivity index is 2.60. The molecule has 78 valence electrons. The van der Waals surface area contributed by atoms with Crippen LogP contribution in [0, 0.1) is 5.92 Å². The van der Waals surface area contributed by atoms with Gasteiger partial charge in [-0.1, -0.05) is 20.3 Å². The molecule has 0 amide bonds. The second-order valence-corrected chi connectivity index (χ2v) is 3.69. The molecule has 4 nitrogen and oxygen atoms in total. The van der Waals surface area contributed by atoms with Gasteiger partial charge in [0, 0.05) is 13.6 Å². The highest BCUT2D eigenvalue weighted by Crippen LogP contribution is 2.11. The number of hydrogen-bond donors (Lipinski definition) is 1. The lowest BCUT2D eigenvalue weighted by molar-refractivity contribution is 0.557. The standard InChI is InChI=1S/C10H18N4/c1-4-8(2)7-14(3)10-6-12-9(11)5-13-10/h5-6,8H,4,7H2,1-3H3,(H2,11,12). The molecule has 0 saturated carbocycles. The molecule has 0 aliphatic heterocycles. The molecule has 14 heavy (non-hydrogen) atoms. The van der Waals surface area contributed by atoms with Crippen molar-refractivity contribution in [1.82, 2.24) is 9.97 Å². The van der Waals surface area contributed by atoms with Gasteiger partial charge in [0.1, 0.15) is 11.6 Å². The molecule has 1 aromatic heterocycles. The molecule has 1 heterocycles. The Hall–Kier alpha value is -1.32. The van der Waals surface area contributed by atoms with Crippen LogP contribution in [-0.4, -0.2) is 23.6 Å². The molecule has 1 aromatic rings. The van der Waals surface area contributed by atoms with Crippen LogP contribution in [0.4, 0.5) is 11.6 Å². The zero-order valence-electron chi connectivity index (χ0n) is 9.07. The molecule has 0 bridgehead atoms. The summed E-state index contributed by atoms with van der Waals surface area (Å²) in [4.78, 5) is 10.3. The van der Waals surface area contributed by atoms with E-state index in [0.717, 1.165) is 12.4 Å². The van der Waals surface area contributed by atoms with Gasteiger partial charge < -0.3 is 10.6 Å². The molecule has 0 radical (unpaired) electrons. The van der Waals surface area contributed by atoms with Crippen LogP contribution in [0.5, 0.6) is 0 Å². The first kappa shape index (κ1) is 10.8. The molecule has 0 aliphatic rings. The van der Waals surface area contributed by atoms with E-state index >= 15 is 0 Å². The summed E-state index contributed by atoms with van der Waals surface area (Å²) in [5.74, 6) is 2.00. The van der Waals surface area contributed by atoms with E-state index in [2.05, 4.69) is 28.7 Å². The van der Waals surface area contributed by atoms with Gasteiger partial charge in [0.05, 0.1) is 12.4 Å². The lowest BCUT2D eigenvalue weighted by Crippen LogP contribution is -2.24. The van der Waals surface area contributed by atoms with E-state index in [1.54, 1.807) is 12.4 Å². The predicted octanol–water partition coefficient (Wildman–Crippen LogP) is 1.54. The van der Waals surface area contributed by atoms with Crippen molar-refractivity contribution in [2.75, 3.05) is 24.2 Å². The minimum Gasteiger partial charge on any atom is -0.382 e. The predicted molar refractivity (Wildman–Crippen MR) is 59.2 cm³/mol. The highest BCUT2D eigenvalue weighted by Gasteiger charge is 2.06. The summed E-state index contributed by atoms with van der Waals surface area (Å²) in [6, 6.07) is 0. The third-order valence-electron chi connectivity index (χ3n) is 2.33. The van der Waals surface area contributed by atoms with Crippen molar-refractivity contribution in [3.8, 4) is 0 Å². The quantitative estimate of drug-likeness (QED) is 0.790. The number of hydrogen-bond acceptors (Lipinski definition) is 4. The van der Waals surface area contributed by atoms with E-state index in [-0.39, 0.29) is 0 Å². The lowest BCUT2D eigenvalue weighted by Gasteiger charge is -2.21. The minimum absolute atomic E-state index is 0.464. The van der Waals surface area contributed by atoms with E-state index in [9.17, 15) is 0 Å². The Morgan fingerprint density at radius 3 is 2.64 bits per heavy atom. The van der Waals surface area contributed by atoms with E-state index < -0.39 is 0 Å². The van der Waals surface area contributed by atoms with Crippen LogP contribution in [0.1, 0.15) is 20.3 Å². The van der Waals surface area contributed by atoms with Crippen LogP contribution >= 0.6 is 0 Å². The van der Waals surface area contributed by atoms with Gasteiger partial charge in [-0.2, -0.15) is 0 Å². The van der Waals surface area contributed by atoms with E-state index in [4.69, 9.17) is 5.73 Å². The van der Waals surface area contributed by atoms with Crippen molar-refractivity contribution in [3.05, 3.63) is 12.4 Å². The fourth-order valence-electron chi connectivity index (χ4n) is 1.22. The minimum atomic E-state index is 0.464. The number of rotatable bonds is 4. The van der Waals surface area contributed by atoms with Gasteiger partial charge in [-0.05, 0) is 5.92 Å². The monoisotopic (exact) mass is 194 g/mol. The second-order valence-electron chi connectivity index (χ2n) is 3.69. The number of anilines is 2. The van der Waals surface area contributed by atoms with Crippen LogP contribution in [0.15, 0.2) is 12.4 Å². The molecular weight excluding hydrogens is 176 g/mol. The van der Waals surface area contributed by atoms with Gasteiger partial charge in [0.25, 0.3) is 0 Å². The summed E-state index contributed by atoms with van der Waals surface area (Å²) in [7, 11) is 2.02. The van der Waals surface area contributed by atoms with E-state index in [0.29, 0.717) is 11.7 Å². The zero-order chi connectivity index (χ0) is 10.6. The first-order valence-corrected chi connectivity index (χ1v) is 4.92. The molecule has 0 aromatic carbocycles. The summed E-state index contributed by atoms with van der Waals surface area (Å²) in [6.45, 7) is 5.41. The molecule has 0 aliphatic carbocycles. The Labute approximate surface area is 85.2 Å². The first-order chi connectivity index (χ1) is 6.63. The van der Waals surface area contributed by atoms with Gasteiger partial charge in [0.15, 0.2) is 0 Å². The molecule has 1 rings (SSSR count). The van der Waals surface area contributed by atoms with Crippen LogP contribution < -0.4 is 10.6 Å². The lowest BCUT2D eigenvalue weighted by atomic mass is 10.1. The summed E-state index contributed by atoms with van der Waals surface area (Å²) in [5, 5.41) is 0. The van der Waals surface area contributed by atoms with E-state index in [1.165, 1.54) is 6.42 Å². The number of nitrogens with two attached hydrogens (primary N) is 1. The highest BCUT2D eigenvalue weighted by molar-refractivity contribution is 5.38. The molecule has 0 saturated heterocycles. The van der Waals surface area contributed by atoms with Crippen LogP contribution in [-0.2, 0) is 0 Å². The number of nitrogen functional groups attached to an aromatic ring is 1. The topological polar surface area (TPSA) is 55.0 Å². The molecule has 2 N–H and O–H groups in total. The Morgan fingerprint density at radius 2 is 2.14 bits per heavy atom. The summed E-state index contributed by atoms with van der Waals surface area (Å²) in [6.07, 6.45) is 4.47. The van der Waals surface area contributed by atoms with Crippen molar-refractivity contribution >= 4 is 11.6 Å². The maximum absolute atomic E-state index is 5.46. The molecule has 1 atom stereocenters. The van der Waals surface area contributed by atoms with Gasteiger partial charge in [-0.15, -0.1) is 0 Å². The molecule has 0 fully saturated rings. The average Bonchev–Trinajstić information content (AvgIpc) is 2.18. The average molecular weight is 194 g/mol. The van der Waals surface area contributed by atoms with Gasteiger partial charge in [-0.25, -0.2) is 9.97 Å². The first-order valence-electron chi connectivity index (χ1n) is 4.92. The van der Waals surface area contributed by atoms with Crippen LogP contribution in [0.25, 0.3) is 0 Å². The Bertz CT molecular complexity index is 270. The normalized spacial score (nSPS) is 12.5. The van der Waals surface area contributed by atoms with Crippen LogP contribution in [0.2, 0.25) is 0 Å². The summed E-state index contributed by atoms with van der Waals surface area (Å²) in [5.41, 5.74) is 5.46. The molecule has 4 heteroatoms. The van der Waals surface area contributed by atoms with Gasteiger partial charge in [0.2, 0.25) is 0 Å². The summed E-state index contributed by atoms with van der Waals surface area (Å²) < 4.78 is 0.